The van der Waals surface area contributed by atoms with Gasteiger partial charge >= 0.3 is 0 Å². The maximum Gasteiger partial charge on any atom is 0.147 e. The molecule has 0 bridgehead atoms. The van der Waals surface area contributed by atoms with Crippen molar-refractivity contribution in [3.05, 3.63) is 60.2 Å². The van der Waals surface area contributed by atoms with Gasteiger partial charge in [-0.1, -0.05) is 30.3 Å². The Labute approximate surface area is 107 Å². The molecule has 0 saturated heterocycles. The quantitative estimate of drug-likeness (QED) is 0.627. The summed E-state index contributed by atoms with van der Waals surface area (Å²) in [6.07, 6.45) is 1.57. The summed E-state index contributed by atoms with van der Waals surface area (Å²) >= 11 is -2.59. The van der Waals surface area contributed by atoms with Crippen LogP contribution < -0.4 is 4.18 Å². The highest BCUT2D eigenvalue weighted by Gasteiger charge is 2.00. The highest BCUT2D eigenvalue weighted by atomic mass is 32.2. The Kier molecular flexibility index (Phi) is 4.22. The van der Waals surface area contributed by atoms with Crippen molar-refractivity contribution in [2.45, 2.75) is 0 Å². The van der Waals surface area contributed by atoms with Gasteiger partial charge in [-0.05, 0) is 24.3 Å². The van der Waals surface area contributed by atoms with Gasteiger partial charge in [-0.25, -0.2) is 4.21 Å². The lowest BCUT2D eigenvalue weighted by Gasteiger charge is -2.09. The largest absolute Gasteiger partial charge is 0.740 e. The minimum Gasteiger partial charge on any atom is -0.740 e. The molecule has 0 fully saturated rings. The van der Waals surface area contributed by atoms with Crippen molar-refractivity contribution < 1.29 is 12.9 Å². The zero-order chi connectivity index (χ0) is 12.8. The normalized spacial score (nSPS) is 12.5. The third kappa shape index (κ3) is 3.51. The molecule has 1 atom stereocenters. The Morgan fingerprint density at radius 3 is 2.44 bits per heavy atom. The van der Waals surface area contributed by atoms with Crippen LogP contribution in [0.1, 0.15) is 5.56 Å². The van der Waals surface area contributed by atoms with E-state index in [0.717, 1.165) is 5.69 Å². The summed E-state index contributed by atoms with van der Waals surface area (Å²) in [5.41, 5.74) is 1.39. The van der Waals surface area contributed by atoms with Crippen LogP contribution in [0.4, 0.5) is 5.69 Å². The molecule has 0 aliphatic heterocycles. The third-order valence-electron chi connectivity index (χ3n) is 2.19. The van der Waals surface area contributed by atoms with E-state index in [1.54, 1.807) is 30.5 Å². The summed E-state index contributed by atoms with van der Waals surface area (Å²) in [5, 5.41) is 0. The fourth-order valence-corrected chi connectivity index (χ4v) is 1.69. The first kappa shape index (κ1) is 12.5. The Hall–Kier alpha value is -1.98. The predicted octanol–water partition coefficient (Wildman–Crippen LogP) is 2.61. The third-order valence-corrected chi connectivity index (χ3v) is 2.50. The molecular weight excluding hydrogens is 250 g/mol. The second-order valence-corrected chi connectivity index (χ2v) is 3.99. The topological polar surface area (TPSA) is 61.7 Å². The SMILES string of the molecule is O=S([O-])Oc1ccccc1C=Nc1ccccc1. The molecule has 0 aliphatic rings. The van der Waals surface area contributed by atoms with Gasteiger partial charge in [-0.2, -0.15) is 0 Å². The van der Waals surface area contributed by atoms with Crippen molar-refractivity contribution >= 4 is 23.3 Å². The smallest absolute Gasteiger partial charge is 0.147 e. The van der Waals surface area contributed by atoms with E-state index in [2.05, 4.69) is 9.18 Å². The molecule has 0 N–H and O–H groups in total. The fraction of sp³-hybridized carbons (Fsp3) is 0. The first-order chi connectivity index (χ1) is 8.75. The maximum absolute atomic E-state index is 10.5. The van der Waals surface area contributed by atoms with Crippen molar-refractivity contribution in [2.75, 3.05) is 0 Å². The van der Waals surface area contributed by atoms with Crippen molar-refractivity contribution in [2.24, 2.45) is 4.99 Å². The van der Waals surface area contributed by atoms with E-state index in [1.807, 2.05) is 30.3 Å². The molecule has 1 unspecified atom stereocenters. The fourth-order valence-electron chi connectivity index (χ4n) is 1.39. The van der Waals surface area contributed by atoms with Crippen LogP contribution in [0.5, 0.6) is 5.75 Å². The highest BCUT2D eigenvalue weighted by Crippen LogP contribution is 2.18. The first-order valence-corrected chi connectivity index (χ1v) is 6.21. The van der Waals surface area contributed by atoms with Gasteiger partial charge in [0.2, 0.25) is 0 Å². The van der Waals surface area contributed by atoms with Gasteiger partial charge in [-0.3, -0.25) is 4.99 Å². The number of hydrogen-bond acceptors (Lipinski definition) is 4. The van der Waals surface area contributed by atoms with E-state index in [4.69, 9.17) is 0 Å². The summed E-state index contributed by atoms with van der Waals surface area (Å²) < 4.78 is 25.7. The molecule has 4 nitrogen and oxygen atoms in total. The van der Waals surface area contributed by atoms with Gasteiger partial charge in [0.15, 0.2) is 0 Å². The van der Waals surface area contributed by atoms with E-state index in [-0.39, 0.29) is 5.75 Å². The van der Waals surface area contributed by atoms with Crippen LogP contribution in [0.3, 0.4) is 0 Å². The second-order valence-electron chi connectivity index (χ2n) is 3.42. The van der Waals surface area contributed by atoms with Crippen molar-refractivity contribution in [3.8, 4) is 5.75 Å². The van der Waals surface area contributed by atoms with Gasteiger partial charge in [0, 0.05) is 11.8 Å². The Balaban J connectivity index is 2.23. The minimum absolute atomic E-state index is 0.255. The molecule has 0 radical (unpaired) electrons. The standard InChI is InChI=1S/C13H11NO3S/c15-18(16)17-13-9-5-4-6-11(13)10-14-12-7-2-1-3-8-12/h1-10H,(H,15,16)/p-1. The molecule has 0 spiro atoms. The number of nitrogens with zero attached hydrogens (tertiary/aromatic N) is 1. The molecule has 2 aromatic carbocycles. The molecule has 0 heterocycles. The van der Waals surface area contributed by atoms with E-state index < -0.39 is 11.4 Å². The molecule has 18 heavy (non-hydrogen) atoms. The number of aliphatic imine (C=N–C) groups is 1. The van der Waals surface area contributed by atoms with Gasteiger partial charge in [-0.15, -0.1) is 0 Å². The van der Waals surface area contributed by atoms with Crippen LogP contribution in [-0.2, 0) is 11.4 Å². The Morgan fingerprint density at radius 1 is 1.06 bits per heavy atom. The number of hydrogen-bond donors (Lipinski definition) is 0. The minimum atomic E-state index is -2.59. The Morgan fingerprint density at radius 2 is 1.72 bits per heavy atom. The summed E-state index contributed by atoms with van der Waals surface area (Å²) in [4.78, 5) is 4.24. The summed E-state index contributed by atoms with van der Waals surface area (Å²) in [5.74, 6) is 0.255. The number of rotatable bonds is 4. The highest BCUT2D eigenvalue weighted by molar-refractivity contribution is 7.74. The first-order valence-electron chi connectivity index (χ1n) is 5.21. The van der Waals surface area contributed by atoms with Gasteiger partial charge in [0.05, 0.1) is 5.69 Å². The lowest BCUT2D eigenvalue weighted by atomic mass is 10.2. The van der Waals surface area contributed by atoms with Crippen LogP contribution in [0.15, 0.2) is 59.6 Å². The van der Waals surface area contributed by atoms with Crippen LogP contribution in [0, 0.1) is 0 Å². The molecule has 2 rings (SSSR count). The lowest BCUT2D eigenvalue weighted by molar-refractivity contribution is 0.440. The molecule has 2 aromatic rings. The average molecular weight is 260 g/mol. The lowest BCUT2D eigenvalue weighted by Crippen LogP contribution is -2.00. The molecule has 5 heteroatoms. The van der Waals surface area contributed by atoms with Crippen molar-refractivity contribution in [3.63, 3.8) is 0 Å². The summed E-state index contributed by atoms with van der Waals surface area (Å²) in [6, 6.07) is 16.1. The second kappa shape index (κ2) is 6.09. The maximum atomic E-state index is 10.5. The zero-order valence-electron chi connectivity index (χ0n) is 9.35. The summed E-state index contributed by atoms with van der Waals surface area (Å²) in [6.45, 7) is 0. The average Bonchev–Trinajstić information content (AvgIpc) is 2.38. The number of para-hydroxylation sites is 2. The molecule has 92 valence electrons. The number of benzene rings is 2. The van der Waals surface area contributed by atoms with Gasteiger partial charge in [0.25, 0.3) is 0 Å². The van der Waals surface area contributed by atoms with Crippen LogP contribution >= 0.6 is 0 Å². The van der Waals surface area contributed by atoms with Crippen LogP contribution in [-0.4, -0.2) is 15.0 Å². The monoisotopic (exact) mass is 260 g/mol. The van der Waals surface area contributed by atoms with Gasteiger partial charge in [0.1, 0.15) is 17.1 Å². The zero-order valence-corrected chi connectivity index (χ0v) is 10.2. The molecular formula is C13H10NO3S-. The Bertz CT molecular complexity index is 569. The van der Waals surface area contributed by atoms with E-state index >= 15 is 0 Å². The predicted molar refractivity (Wildman–Crippen MR) is 69.7 cm³/mol. The van der Waals surface area contributed by atoms with E-state index in [0.29, 0.717) is 5.56 Å². The van der Waals surface area contributed by atoms with Crippen LogP contribution in [0.25, 0.3) is 0 Å². The molecule has 0 aromatic heterocycles. The van der Waals surface area contributed by atoms with Gasteiger partial charge < -0.3 is 8.74 Å². The summed E-state index contributed by atoms with van der Waals surface area (Å²) in [7, 11) is 0. The molecule has 0 amide bonds. The molecule has 0 aliphatic carbocycles. The van der Waals surface area contributed by atoms with Crippen LogP contribution in [0.2, 0.25) is 0 Å². The van der Waals surface area contributed by atoms with E-state index in [9.17, 15) is 8.76 Å². The van der Waals surface area contributed by atoms with Crippen molar-refractivity contribution in [1.82, 2.24) is 0 Å². The van der Waals surface area contributed by atoms with Crippen molar-refractivity contribution in [1.29, 1.82) is 0 Å². The van der Waals surface area contributed by atoms with E-state index in [1.165, 1.54) is 0 Å². The molecule has 0 saturated carbocycles.